The standard InChI is InChI=1S/C26H39N5O/c1-2-27-26(29-20-24(25-11-8-18-32-25)31-14-6-7-15-31)28-19-23-13-17-30(21-23)16-12-22-9-4-3-5-10-22/h3-5,8-11,18,23-24H,2,6-7,12-17,19-21H2,1H3,(H2,27,28,29). The van der Waals surface area contributed by atoms with Crippen LogP contribution in [-0.4, -0.2) is 68.1 Å². The lowest BCUT2D eigenvalue weighted by molar-refractivity contribution is 0.221. The van der Waals surface area contributed by atoms with Gasteiger partial charge in [-0.1, -0.05) is 30.3 Å². The number of likely N-dealkylation sites (tertiary alicyclic amines) is 2. The van der Waals surface area contributed by atoms with Crippen molar-refractivity contribution >= 4 is 5.96 Å². The number of benzene rings is 1. The van der Waals surface area contributed by atoms with Gasteiger partial charge in [-0.2, -0.15) is 0 Å². The number of nitrogens with one attached hydrogen (secondary N) is 2. The van der Waals surface area contributed by atoms with Crippen LogP contribution < -0.4 is 10.6 Å². The van der Waals surface area contributed by atoms with Crippen molar-refractivity contribution in [3.63, 3.8) is 0 Å². The van der Waals surface area contributed by atoms with E-state index in [0.717, 1.165) is 57.4 Å². The Bertz CT molecular complexity index is 801. The van der Waals surface area contributed by atoms with Crippen LogP contribution in [0, 0.1) is 5.92 Å². The summed E-state index contributed by atoms with van der Waals surface area (Å²) in [6.45, 7) is 10.5. The van der Waals surface area contributed by atoms with Gasteiger partial charge in [-0.15, -0.1) is 0 Å². The van der Waals surface area contributed by atoms with Crippen LogP contribution >= 0.6 is 0 Å². The van der Waals surface area contributed by atoms with E-state index in [1.54, 1.807) is 6.26 Å². The highest BCUT2D eigenvalue weighted by Crippen LogP contribution is 2.25. The predicted octanol–water partition coefficient (Wildman–Crippen LogP) is 3.54. The van der Waals surface area contributed by atoms with Gasteiger partial charge in [-0.25, -0.2) is 0 Å². The van der Waals surface area contributed by atoms with Gasteiger partial charge in [0, 0.05) is 26.2 Å². The summed E-state index contributed by atoms with van der Waals surface area (Å²) in [7, 11) is 0. The zero-order chi connectivity index (χ0) is 22.0. The first-order valence-electron chi connectivity index (χ1n) is 12.4. The minimum Gasteiger partial charge on any atom is -0.468 e. The van der Waals surface area contributed by atoms with E-state index in [2.05, 4.69) is 63.8 Å². The SMILES string of the molecule is CCNC(=NCC(c1ccco1)N1CCCC1)NCC1CCN(CCc2ccccc2)C1. The van der Waals surface area contributed by atoms with Crippen molar-refractivity contribution in [3.05, 3.63) is 60.1 Å². The van der Waals surface area contributed by atoms with Crippen molar-refractivity contribution < 1.29 is 4.42 Å². The van der Waals surface area contributed by atoms with Gasteiger partial charge in [0.25, 0.3) is 0 Å². The van der Waals surface area contributed by atoms with Gasteiger partial charge in [0.2, 0.25) is 0 Å². The molecule has 2 saturated heterocycles. The molecule has 2 aliphatic rings. The minimum absolute atomic E-state index is 0.225. The molecule has 0 spiro atoms. The van der Waals surface area contributed by atoms with Gasteiger partial charge in [-0.3, -0.25) is 9.89 Å². The molecule has 1 aromatic carbocycles. The maximum absolute atomic E-state index is 5.75. The molecule has 0 aliphatic carbocycles. The summed E-state index contributed by atoms with van der Waals surface area (Å²) in [5.41, 5.74) is 1.43. The third-order valence-corrected chi connectivity index (χ3v) is 6.71. The Balaban J connectivity index is 1.26. The maximum Gasteiger partial charge on any atom is 0.191 e. The van der Waals surface area contributed by atoms with Crippen molar-refractivity contribution in [1.82, 2.24) is 20.4 Å². The fourth-order valence-corrected chi connectivity index (χ4v) is 4.89. The van der Waals surface area contributed by atoms with Crippen molar-refractivity contribution in [3.8, 4) is 0 Å². The normalized spacial score (nSPS) is 21.2. The van der Waals surface area contributed by atoms with Gasteiger partial charge in [0.15, 0.2) is 5.96 Å². The molecule has 3 heterocycles. The summed E-state index contributed by atoms with van der Waals surface area (Å²) in [5, 5.41) is 7.04. The number of hydrogen-bond donors (Lipinski definition) is 2. The van der Waals surface area contributed by atoms with E-state index >= 15 is 0 Å². The quantitative estimate of drug-likeness (QED) is 0.440. The van der Waals surface area contributed by atoms with Crippen molar-refractivity contribution in [2.75, 3.05) is 52.4 Å². The van der Waals surface area contributed by atoms with Gasteiger partial charge in [-0.05, 0) is 75.9 Å². The molecule has 0 amide bonds. The fourth-order valence-electron chi connectivity index (χ4n) is 4.89. The molecule has 6 heteroatoms. The van der Waals surface area contributed by atoms with Crippen molar-refractivity contribution in [1.29, 1.82) is 0 Å². The lowest BCUT2D eigenvalue weighted by Crippen LogP contribution is -2.41. The second-order valence-electron chi connectivity index (χ2n) is 9.07. The molecule has 2 aliphatic heterocycles. The van der Waals surface area contributed by atoms with Crippen LogP contribution in [0.3, 0.4) is 0 Å². The highest BCUT2D eigenvalue weighted by Gasteiger charge is 2.26. The third-order valence-electron chi connectivity index (χ3n) is 6.71. The smallest absolute Gasteiger partial charge is 0.191 e. The zero-order valence-electron chi connectivity index (χ0n) is 19.5. The molecule has 4 rings (SSSR count). The first-order chi connectivity index (χ1) is 15.8. The van der Waals surface area contributed by atoms with Crippen LogP contribution in [0.15, 0.2) is 58.1 Å². The van der Waals surface area contributed by atoms with Crippen LogP contribution in [0.1, 0.15) is 43.6 Å². The van der Waals surface area contributed by atoms with E-state index < -0.39 is 0 Å². The molecule has 2 unspecified atom stereocenters. The van der Waals surface area contributed by atoms with Gasteiger partial charge in [0.1, 0.15) is 5.76 Å². The lowest BCUT2D eigenvalue weighted by Gasteiger charge is -2.25. The molecule has 0 radical (unpaired) electrons. The van der Waals surface area contributed by atoms with Crippen LogP contribution in [-0.2, 0) is 6.42 Å². The molecule has 2 atom stereocenters. The summed E-state index contributed by atoms with van der Waals surface area (Å²) in [5.74, 6) is 2.62. The monoisotopic (exact) mass is 437 g/mol. The Labute approximate surface area is 193 Å². The van der Waals surface area contributed by atoms with E-state index in [0.29, 0.717) is 5.92 Å². The number of hydrogen-bond acceptors (Lipinski definition) is 4. The van der Waals surface area contributed by atoms with Gasteiger partial charge >= 0.3 is 0 Å². The van der Waals surface area contributed by atoms with E-state index in [4.69, 9.17) is 9.41 Å². The summed E-state index contributed by atoms with van der Waals surface area (Å²) in [6.07, 6.45) is 6.69. The van der Waals surface area contributed by atoms with Crippen molar-refractivity contribution in [2.24, 2.45) is 10.9 Å². The number of guanidine groups is 1. The van der Waals surface area contributed by atoms with Crippen LogP contribution in [0.25, 0.3) is 0 Å². The molecule has 6 nitrogen and oxygen atoms in total. The Morgan fingerprint density at radius 1 is 1.09 bits per heavy atom. The molecule has 2 N–H and O–H groups in total. The fraction of sp³-hybridized carbons (Fsp3) is 0.577. The van der Waals surface area contributed by atoms with Gasteiger partial charge in [0.05, 0.1) is 18.8 Å². The molecule has 2 aromatic rings. The average molecular weight is 438 g/mol. The first kappa shape index (κ1) is 22.9. The number of rotatable bonds is 10. The molecule has 0 saturated carbocycles. The molecule has 32 heavy (non-hydrogen) atoms. The largest absolute Gasteiger partial charge is 0.468 e. The molecule has 1 aromatic heterocycles. The Morgan fingerprint density at radius 3 is 2.69 bits per heavy atom. The number of furan rings is 1. The average Bonchev–Trinajstić information content (AvgIpc) is 3.60. The number of nitrogens with zero attached hydrogens (tertiary/aromatic N) is 3. The highest BCUT2D eigenvalue weighted by molar-refractivity contribution is 5.79. The van der Waals surface area contributed by atoms with Crippen molar-refractivity contribution in [2.45, 2.75) is 38.6 Å². The Morgan fingerprint density at radius 2 is 1.94 bits per heavy atom. The van der Waals surface area contributed by atoms with Gasteiger partial charge < -0.3 is 20.0 Å². The molecular weight excluding hydrogens is 398 g/mol. The predicted molar refractivity (Wildman–Crippen MR) is 131 cm³/mol. The summed E-state index contributed by atoms with van der Waals surface area (Å²) < 4.78 is 5.75. The molecular formula is C26H39N5O. The van der Waals surface area contributed by atoms with Crippen LogP contribution in [0.5, 0.6) is 0 Å². The topological polar surface area (TPSA) is 56.0 Å². The minimum atomic E-state index is 0.225. The summed E-state index contributed by atoms with van der Waals surface area (Å²) in [6, 6.07) is 15.1. The Kier molecular flexibility index (Phi) is 8.63. The summed E-state index contributed by atoms with van der Waals surface area (Å²) in [4.78, 5) is 10.1. The van der Waals surface area contributed by atoms with Crippen LogP contribution in [0.2, 0.25) is 0 Å². The lowest BCUT2D eigenvalue weighted by atomic mass is 10.1. The second kappa shape index (κ2) is 12.1. The van der Waals surface area contributed by atoms with E-state index in [1.807, 2.05) is 6.07 Å². The highest BCUT2D eigenvalue weighted by atomic mass is 16.3. The first-order valence-corrected chi connectivity index (χ1v) is 12.4. The number of aliphatic imine (C=N–C) groups is 1. The molecule has 2 fully saturated rings. The molecule has 0 bridgehead atoms. The second-order valence-corrected chi connectivity index (χ2v) is 9.07. The maximum atomic E-state index is 5.75. The summed E-state index contributed by atoms with van der Waals surface area (Å²) >= 11 is 0. The Hall–Kier alpha value is -2.31. The third kappa shape index (κ3) is 6.59. The van der Waals surface area contributed by atoms with E-state index in [9.17, 15) is 0 Å². The van der Waals surface area contributed by atoms with E-state index in [1.165, 1.54) is 37.9 Å². The van der Waals surface area contributed by atoms with Crippen LogP contribution in [0.4, 0.5) is 0 Å². The van der Waals surface area contributed by atoms with E-state index in [-0.39, 0.29) is 6.04 Å². The zero-order valence-corrected chi connectivity index (χ0v) is 19.5. The molecule has 174 valence electrons.